The second-order valence-electron chi connectivity index (χ2n) is 7.69. The molecule has 9 nitrogen and oxygen atoms in total. The van der Waals surface area contributed by atoms with Gasteiger partial charge in [0.2, 0.25) is 0 Å². The molecule has 0 fully saturated rings. The van der Waals surface area contributed by atoms with Gasteiger partial charge in [-0.3, -0.25) is 14.0 Å². The van der Waals surface area contributed by atoms with Crippen LogP contribution in [0.3, 0.4) is 0 Å². The highest BCUT2D eigenvalue weighted by atomic mass is 35.5. The molecule has 0 amide bonds. The van der Waals surface area contributed by atoms with Crippen molar-refractivity contribution in [2.45, 2.75) is 45.9 Å². The van der Waals surface area contributed by atoms with Gasteiger partial charge in [0, 0.05) is 63.9 Å². The van der Waals surface area contributed by atoms with E-state index in [9.17, 15) is 44.3 Å². The summed E-state index contributed by atoms with van der Waals surface area (Å²) in [5.74, 6) is -1.41. The van der Waals surface area contributed by atoms with Gasteiger partial charge in [0.15, 0.2) is 17.1 Å². The Balaban J connectivity index is -0.000000521. The smallest absolute Gasteiger partial charge is 0.435 e. The van der Waals surface area contributed by atoms with Gasteiger partial charge in [-0.15, -0.1) is 11.6 Å². The average Bonchev–Trinajstić information content (AvgIpc) is 3.55. The van der Waals surface area contributed by atoms with Crippen LogP contribution in [0.2, 0.25) is 0 Å². The summed E-state index contributed by atoms with van der Waals surface area (Å²) in [6.45, 7) is -0.445. The highest BCUT2D eigenvalue weighted by Crippen LogP contribution is 2.30. The number of aliphatic hydroxyl groups excluding tert-OH is 1. The maximum absolute atomic E-state index is 12.0. The summed E-state index contributed by atoms with van der Waals surface area (Å²) in [5.41, 5.74) is -3.08. The van der Waals surface area contributed by atoms with Crippen molar-refractivity contribution in [3.63, 3.8) is 0 Å². The van der Waals surface area contributed by atoms with Crippen LogP contribution < -0.4 is 0 Å². The number of aryl methyl sites for hydroxylation is 3. The minimum absolute atomic E-state index is 0. The first kappa shape index (κ1) is 45.5. The van der Waals surface area contributed by atoms with Gasteiger partial charge in [0.1, 0.15) is 5.69 Å². The van der Waals surface area contributed by atoms with Crippen molar-refractivity contribution in [3.8, 4) is 0 Å². The van der Waals surface area contributed by atoms with Crippen molar-refractivity contribution < 1.29 is 54.5 Å². The number of alkyl halides is 10. The molecule has 0 aliphatic rings. The van der Waals surface area contributed by atoms with Crippen LogP contribution in [0.15, 0.2) is 18.2 Å². The quantitative estimate of drug-likeness (QED) is 0.252. The Hall–Kier alpha value is -2.96. The van der Waals surface area contributed by atoms with E-state index in [-0.39, 0.29) is 26.4 Å². The molecule has 239 valence electrons. The molecular formula is C20H26B5ClF9N6O3. The van der Waals surface area contributed by atoms with E-state index in [2.05, 4.69) is 15.3 Å². The standard InChI is InChI=1S/C6H6ClF3N2.C6H5F3N2O2.C6H7F3N2O.2CH4.B5/c1-12-4(3-7)2-5(11-12)6(8,9)10;1-11-3(5(12)13)2-4(10-11)6(7,8)9;1-11-4(3-12)2-5(10-11)6(7,8)9;;;1-4-5(2)3/h2H,3H2,1H3;2H,1H3,(H,12,13);2,12H,3H2,1H3;2*1H4;. The predicted molar refractivity (Wildman–Crippen MR) is 149 cm³/mol. The van der Waals surface area contributed by atoms with E-state index in [0.717, 1.165) is 28.5 Å². The lowest BCUT2D eigenvalue weighted by Gasteiger charge is -1.99. The molecule has 0 atom stereocenters. The predicted octanol–water partition coefficient (Wildman–Crippen LogP) is 3.61. The van der Waals surface area contributed by atoms with Crippen LogP contribution in [0.4, 0.5) is 39.5 Å². The Bertz CT molecular complexity index is 1220. The second kappa shape index (κ2) is 18.8. The first-order valence-electron chi connectivity index (χ1n) is 10.8. The molecule has 24 heteroatoms. The molecule has 0 aliphatic carbocycles. The Morgan fingerprint density at radius 2 is 1.14 bits per heavy atom. The first-order chi connectivity index (χ1) is 19.0. The molecule has 3 heterocycles. The zero-order valence-corrected chi connectivity index (χ0v) is 22.6. The van der Waals surface area contributed by atoms with E-state index >= 15 is 0 Å². The summed E-state index contributed by atoms with van der Waals surface area (Å²) >= 11 is 5.37. The summed E-state index contributed by atoms with van der Waals surface area (Å²) in [5, 5.41) is 26.4. The van der Waals surface area contributed by atoms with Gasteiger partial charge < -0.3 is 10.2 Å². The van der Waals surface area contributed by atoms with Crippen LogP contribution in [0.5, 0.6) is 0 Å². The van der Waals surface area contributed by atoms with Crippen LogP contribution in [0.25, 0.3) is 0 Å². The lowest BCUT2D eigenvalue weighted by molar-refractivity contribution is -0.142. The van der Waals surface area contributed by atoms with E-state index in [1.54, 1.807) is 0 Å². The van der Waals surface area contributed by atoms with Crippen LogP contribution in [-0.2, 0) is 52.2 Å². The monoisotopic (exact) mass is 659 g/mol. The molecule has 0 aliphatic heterocycles. The average molecular weight is 659 g/mol. The van der Waals surface area contributed by atoms with E-state index in [1.807, 2.05) is 0 Å². The fourth-order valence-electron chi connectivity index (χ4n) is 2.37. The summed E-state index contributed by atoms with van der Waals surface area (Å²) in [4.78, 5) is 10.3. The van der Waals surface area contributed by atoms with Gasteiger partial charge in [0.05, 0.1) is 23.9 Å². The molecular weight excluding hydrogens is 633 g/mol. The van der Waals surface area contributed by atoms with Crippen molar-refractivity contribution in [3.05, 3.63) is 52.4 Å². The van der Waals surface area contributed by atoms with Gasteiger partial charge in [-0.2, -0.15) is 54.8 Å². The first-order valence-corrected chi connectivity index (χ1v) is 11.3. The minimum atomic E-state index is -4.61. The zero-order chi connectivity index (χ0) is 33.2. The molecule has 0 saturated heterocycles. The van der Waals surface area contributed by atoms with Gasteiger partial charge >= 0.3 is 24.5 Å². The lowest BCUT2D eigenvalue weighted by atomic mass is 8.97. The summed E-state index contributed by atoms with van der Waals surface area (Å²) in [6.07, 6.45) is -13.9. The molecule has 7 radical (unpaired) electrons. The van der Waals surface area contributed by atoms with Crippen LogP contribution >= 0.6 is 11.6 Å². The summed E-state index contributed by atoms with van der Waals surface area (Å²) in [6, 6.07) is 2.25. The van der Waals surface area contributed by atoms with Crippen molar-refractivity contribution in [1.29, 1.82) is 0 Å². The number of carboxylic acids is 1. The largest absolute Gasteiger partial charge is 0.477 e. The molecule has 2 N–H and O–H groups in total. The normalized spacial score (nSPS) is 10.8. The Morgan fingerprint density at radius 1 is 0.818 bits per heavy atom. The molecule has 3 aromatic rings. The third kappa shape index (κ3) is 15.2. The molecule has 0 bridgehead atoms. The molecule has 0 saturated carbocycles. The third-order valence-electron chi connectivity index (χ3n) is 4.44. The van der Waals surface area contributed by atoms with Gasteiger partial charge in [-0.1, -0.05) is 14.9 Å². The van der Waals surface area contributed by atoms with E-state index < -0.39 is 60.3 Å². The third-order valence-corrected chi connectivity index (χ3v) is 4.72. The van der Waals surface area contributed by atoms with Gasteiger partial charge in [0.25, 0.3) is 0 Å². The number of rotatable bonds is 4. The van der Waals surface area contributed by atoms with E-state index in [1.165, 1.54) is 21.2 Å². The molecule has 44 heavy (non-hydrogen) atoms. The molecule has 0 unspecified atom stereocenters. The summed E-state index contributed by atoms with van der Waals surface area (Å²) in [7, 11) is 19.7. The number of aromatic carboxylic acids is 1. The highest BCUT2D eigenvalue weighted by molar-refractivity contribution is 7.60. The van der Waals surface area contributed by atoms with E-state index in [0.29, 0.717) is 16.4 Å². The molecule has 3 rings (SSSR count). The Labute approximate surface area is 257 Å². The highest BCUT2D eigenvalue weighted by Gasteiger charge is 2.36. The number of hydrogen-bond donors (Lipinski definition) is 2. The molecule has 3 aromatic heterocycles. The van der Waals surface area contributed by atoms with Crippen molar-refractivity contribution in [2.24, 2.45) is 21.1 Å². The van der Waals surface area contributed by atoms with E-state index in [4.69, 9.17) is 45.0 Å². The number of nitrogens with zero attached hydrogens (tertiary/aromatic N) is 6. The SMILES string of the molecule is C.C.Cn1nc(C(F)(F)F)cc1C(=O)O.Cn1nc(C(F)(F)F)cc1CCl.Cn1nc(C(F)(F)F)cc1CO.[B][B]B([B])[B]. The number of carboxylic acid groups (broad SMARTS) is 1. The minimum Gasteiger partial charge on any atom is -0.477 e. The van der Waals surface area contributed by atoms with Crippen LogP contribution in [0, 0.1) is 0 Å². The Morgan fingerprint density at radius 3 is 1.32 bits per heavy atom. The lowest BCUT2D eigenvalue weighted by Crippen LogP contribution is -2.23. The van der Waals surface area contributed by atoms with Crippen LogP contribution in [-0.4, -0.2) is 82.2 Å². The topological polar surface area (TPSA) is 111 Å². The fraction of sp³-hybridized carbons (Fsp3) is 0.500. The maximum Gasteiger partial charge on any atom is 0.435 e. The zero-order valence-electron chi connectivity index (χ0n) is 21.8. The number of hydrogen-bond acceptors (Lipinski definition) is 5. The van der Waals surface area contributed by atoms with Crippen molar-refractivity contribution in [2.75, 3.05) is 0 Å². The fourth-order valence-corrected chi connectivity index (χ4v) is 2.62. The molecule has 0 aromatic carbocycles. The van der Waals surface area contributed by atoms with Crippen molar-refractivity contribution >= 4 is 54.2 Å². The number of carbonyl (C=O) groups is 1. The van der Waals surface area contributed by atoms with Crippen LogP contribution in [0.1, 0.15) is 53.8 Å². The molecule has 0 spiro atoms. The number of aromatic nitrogens is 6. The number of aliphatic hydroxyl groups is 1. The number of halogens is 10. The van der Waals surface area contributed by atoms with Crippen molar-refractivity contribution in [1.82, 2.24) is 29.3 Å². The van der Waals surface area contributed by atoms with Gasteiger partial charge in [-0.25, -0.2) is 4.79 Å². The second-order valence-corrected chi connectivity index (χ2v) is 7.95. The van der Waals surface area contributed by atoms with Gasteiger partial charge in [-0.05, 0) is 12.1 Å². The maximum atomic E-state index is 12.0. The Kier molecular flexibility index (Phi) is 19.4. The summed E-state index contributed by atoms with van der Waals surface area (Å²) < 4.78 is 111.